The van der Waals surface area contributed by atoms with E-state index < -0.39 is 29.6 Å². The fourth-order valence-corrected chi connectivity index (χ4v) is 3.71. The second kappa shape index (κ2) is 13.9. The molecule has 1 atom stereocenters. The van der Waals surface area contributed by atoms with Crippen molar-refractivity contribution >= 4 is 60.0 Å². The molecule has 41 heavy (non-hydrogen) atoms. The number of carbonyl (C=O) groups is 3. The highest BCUT2D eigenvalue weighted by molar-refractivity contribution is 6.31. The fraction of sp³-hybridized carbons (Fsp3) is 0.192. The molecule has 2 heterocycles. The number of amides is 2. The Balaban J connectivity index is 1.84. The Morgan fingerprint density at radius 3 is 2.68 bits per heavy atom. The fourth-order valence-electron chi connectivity index (χ4n) is 3.55. The van der Waals surface area contributed by atoms with Crippen molar-refractivity contribution in [2.45, 2.75) is 19.4 Å². The van der Waals surface area contributed by atoms with Crippen LogP contribution in [0.1, 0.15) is 27.3 Å². The monoisotopic (exact) mass is 583 g/mol. The third-order valence-corrected chi connectivity index (χ3v) is 5.99. The van der Waals surface area contributed by atoms with E-state index in [0.29, 0.717) is 5.69 Å². The van der Waals surface area contributed by atoms with Crippen LogP contribution in [0, 0.1) is 12.7 Å². The van der Waals surface area contributed by atoms with Crippen LogP contribution in [-0.2, 0) is 27.8 Å². The highest BCUT2D eigenvalue weighted by atomic mass is 35.5. The van der Waals surface area contributed by atoms with Gasteiger partial charge in [-0.2, -0.15) is 10.2 Å². The molecule has 0 unspecified atom stereocenters. The van der Waals surface area contributed by atoms with Crippen LogP contribution >= 0.6 is 11.6 Å². The maximum absolute atomic E-state index is 14.9. The van der Waals surface area contributed by atoms with E-state index in [9.17, 15) is 18.8 Å². The van der Waals surface area contributed by atoms with E-state index in [1.54, 1.807) is 17.8 Å². The summed E-state index contributed by atoms with van der Waals surface area (Å²) in [6.45, 7) is 5.05. The lowest BCUT2D eigenvalue weighted by Gasteiger charge is -2.17. The van der Waals surface area contributed by atoms with Gasteiger partial charge in [0.05, 0.1) is 29.1 Å². The molecule has 0 spiro atoms. The molecule has 0 fully saturated rings. The molecule has 0 radical (unpaired) electrons. The molecular weight excluding hydrogens is 557 g/mol. The molecule has 0 aliphatic rings. The third-order valence-electron chi connectivity index (χ3n) is 5.69. The number of aromatic nitrogens is 3. The van der Waals surface area contributed by atoms with E-state index in [1.807, 2.05) is 6.92 Å². The number of ether oxygens (including phenoxy) is 1. The molecule has 13 nitrogen and oxygen atoms in total. The number of rotatable bonds is 11. The number of hydrogen-bond acceptors (Lipinski definition) is 9. The molecule has 4 N–H and O–H groups in total. The van der Waals surface area contributed by atoms with Crippen molar-refractivity contribution in [2.24, 2.45) is 23.1 Å². The van der Waals surface area contributed by atoms with Gasteiger partial charge < -0.3 is 15.4 Å². The normalized spacial score (nSPS) is 11.9. The van der Waals surface area contributed by atoms with Gasteiger partial charge in [0, 0.05) is 43.7 Å². The summed E-state index contributed by atoms with van der Waals surface area (Å²) in [4.78, 5) is 41.8. The highest BCUT2D eigenvalue weighted by Crippen LogP contribution is 2.28. The largest absolute Gasteiger partial charge is 0.465 e. The van der Waals surface area contributed by atoms with E-state index in [-0.39, 0.29) is 34.1 Å². The first-order chi connectivity index (χ1) is 19.5. The molecule has 0 aliphatic heterocycles. The van der Waals surface area contributed by atoms with Crippen molar-refractivity contribution in [1.29, 1.82) is 0 Å². The lowest BCUT2D eigenvalue weighted by atomic mass is 10.1. The van der Waals surface area contributed by atoms with Crippen molar-refractivity contribution in [2.75, 3.05) is 17.4 Å². The van der Waals surface area contributed by atoms with Crippen LogP contribution in [0.15, 0.2) is 52.8 Å². The summed E-state index contributed by atoms with van der Waals surface area (Å²) in [7, 11) is 2.98. The Kier molecular flexibility index (Phi) is 10.4. The number of halogens is 2. The quantitative estimate of drug-likeness (QED) is 0.0771. The number of nitrogens with zero attached hydrogens (tertiary/aromatic N) is 6. The summed E-state index contributed by atoms with van der Waals surface area (Å²) in [5.41, 5.74) is 1.60. The zero-order chi connectivity index (χ0) is 30.1. The molecule has 15 heteroatoms. The topological polar surface area (TPSA) is 169 Å². The van der Waals surface area contributed by atoms with E-state index in [0.717, 1.165) is 29.2 Å². The molecule has 1 aromatic carbocycles. The van der Waals surface area contributed by atoms with Gasteiger partial charge in [-0.1, -0.05) is 11.6 Å². The van der Waals surface area contributed by atoms with Gasteiger partial charge in [-0.25, -0.2) is 20.0 Å². The predicted octanol–water partition coefficient (Wildman–Crippen LogP) is 2.41. The number of hydrogen-bond donors (Lipinski definition) is 3. The van der Waals surface area contributed by atoms with Gasteiger partial charge in [0.1, 0.15) is 18.2 Å². The second-order valence-electron chi connectivity index (χ2n) is 8.49. The summed E-state index contributed by atoms with van der Waals surface area (Å²) in [5.74, 6) is 3.29. The number of hydrazine groups is 1. The van der Waals surface area contributed by atoms with Crippen LogP contribution in [0.2, 0.25) is 5.02 Å². The molecule has 3 rings (SSSR count). The van der Waals surface area contributed by atoms with Crippen molar-refractivity contribution < 1.29 is 23.5 Å². The van der Waals surface area contributed by atoms with Gasteiger partial charge in [0.2, 0.25) is 11.8 Å². The van der Waals surface area contributed by atoms with Gasteiger partial charge in [-0.05, 0) is 43.3 Å². The number of esters is 1. The van der Waals surface area contributed by atoms with Gasteiger partial charge >= 0.3 is 5.97 Å². The number of benzene rings is 1. The number of pyridine rings is 1. The van der Waals surface area contributed by atoms with Gasteiger partial charge in [0.15, 0.2) is 5.82 Å². The first kappa shape index (κ1) is 30.6. The molecule has 3 aromatic rings. The van der Waals surface area contributed by atoms with Crippen LogP contribution in [0.25, 0.3) is 6.08 Å². The lowest BCUT2D eigenvalue weighted by Crippen LogP contribution is -2.45. The summed E-state index contributed by atoms with van der Waals surface area (Å²) in [5, 5.41) is 17.2. The predicted molar refractivity (Wildman–Crippen MR) is 153 cm³/mol. The van der Waals surface area contributed by atoms with E-state index in [1.165, 1.54) is 37.6 Å². The highest BCUT2D eigenvalue weighted by Gasteiger charge is 2.23. The number of methoxy groups -OCH3 is 1. The van der Waals surface area contributed by atoms with Crippen molar-refractivity contribution in [3.05, 3.63) is 76.0 Å². The molecular formula is C26H27ClFN9O4. The van der Waals surface area contributed by atoms with E-state index >= 15 is 0 Å². The molecule has 0 saturated heterocycles. The Bertz CT molecular complexity index is 1490. The minimum absolute atomic E-state index is 0.0334. The molecule has 0 saturated carbocycles. The van der Waals surface area contributed by atoms with Crippen molar-refractivity contribution in [1.82, 2.24) is 20.1 Å². The molecule has 0 aliphatic carbocycles. The zero-order valence-electron chi connectivity index (χ0n) is 22.3. The van der Waals surface area contributed by atoms with Crippen LogP contribution in [0.3, 0.4) is 0 Å². The van der Waals surface area contributed by atoms with Gasteiger partial charge in [0.25, 0.3) is 0 Å². The van der Waals surface area contributed by atoms with Crippen LogP contribution < -0.4 is 21.5 Å². The number of nitrogens with two attached hydrogens (primary N) is 1. The average Bonchev–Trinajstić information content (AvgIpc) is 3.27. The average molecular weight is 584 g/mol. The van der Waals surface area contributed by atoms with Crippen LogP contribution in [0.5, 0.6) is 0 Å². The van der Waals surface area contributed by atoms with Gasteiger partial charge in [-0.3, -0.25) is 19.3 Å². The Labute approximate surface area is 239 Å². The van der Waals surface area contributed by atoms with E-state index in [4.69, 9.17) is 17.4 Å². The summed E-state index contributed by atoms with van der Waals surface area (Å²) in [6, 6.07) is 6.23. The first-order valence-corrected chi connectivity index (χ1v) is 12.3. The number of nitrogens with one attached hydrogen (secondary N) is 2. The van der Waals surface area contributed by atoms with E-state index in [2.05, 4.69) is 42.4 Å². The second-order valence-corrected chi connectivity index (χ2v) is 8.89. The number of aryl methyl sites for hydroxylation is 2. The maximum atomic E-state index is 14.9. The standard InChI is InChI=1S/C26H27ClFN9O4/c1-15-11-17(35-36(15)3)12-20(25(39)34-22-9-5-16(13-31-22)26(40)41-4)33-23(38)10-6-18-21(37(29)14-32-30-2)8-7-19(27)24(18)28/h5-11,13-14,20H,2,12,29H2,1,3-4H3,(H,33,38)(H,31,34,39)/b10-6+,32-14-/t20-/m0/s1. The molecule has 2 amide bonds. The Morgan fingerprint density at radius 1 is 1.32 bits per heavy atom. The zero-order valence-corrected chi connectivity index (χ0v) is 23.1. The van der Waals surface area contributed by atoms with Crippen molar-refractivity contribution in [3.63, 3.8) is 0 Å². The van der Waals surface area contributed by atoms with Crippen LogP contribution in [0.4, 0.5) is 15.9 Å². The number of anilines is 2. The Morgan fingerprint density at radius 2 is 2.07 bits per heavy atom. The van der Waals surface area contributed by atoms with Crippen molar-refractivity contribution in [3.8, 4) is 0 Å². The first-order valence-electron chi connectivity index (χ1n) is 11.9. The SMILES string of the molecule is C=N/N=C\N(N)c1ccc(Cl)c(F)c1/C=C/C(=O)N[C@@H](Cc1cc(C)n(C)n1)C(=O)Nc1ccc(C(=O)OC)cn1. The van der Waals surface area contributed by atoms with Gasteiger partial charge in [-0.15, -0.1) is 5.10 Å². The molecule has 214 valence electrons. The lowest BCUT2D eigenvalue weighted by molar-refractivity contribution is -0.123. The molecule has 0 bridgehead atoms. The maximum Gasteiger partial charge on any atom is 0.339 e. The minimum atomic E-state index is -1.11. The summed E-state index contributed by atoms with van der Waals surface area (Å²) in [6.07, 6.45) is 4.56. The Hall–Kier alpha value is -4.95. The third kappa shape index (κ3) is 8.03. The summed E-state index contributed by atoms with van der Waals surface area (Å²) >= 11 is 5.93. The molecule has 2 aromatic heterocycles. The summed E-state index contributed by atoms with van der Waals surface area (Å²) < 4.78 is 21.1. The smallest absolute Gasteiger partial charge is 0.339 e. The minimum Gasteiger partial charge on any atom is -0.465 e. The number of carbonyl (C=O) groups excluding carboxylic acids is 3. The van der Waals surface area contributed by atoms with Crippen LogP contribution in [-0.4, -0.2) is 58.8 Å².